The third kappa shape index (κ3) is 2.84. The van der Waals surface area contributed by atoms with Gasteiger partial charge >= 0.3 is 0 Å². The first kappa shape index (κ1) is 14.3. The van der Waals surface area contributed by atoms with Crippen molar-refractivity contribution in [2.75, 3.05) is 0 Å². The molecule has 110 valence electrons. The zero-order valence-corrected chi connectivity index (χ0v) is 11.8. The fraction of sp³-hybridized carbons (Fsp3) is 0. The SMILES string of the molecule is O=[N+]([O-])c1ccc2sc(/C=C/c3cc(F)ccc3F)nc2c1. The van der Waals surface area contributed by atoms with Crippen LogP contribution >= 0.6 is 11.3 Å². The number of benzene rings is 2. The summed E-state index contributed by atoms with van der Waals surface area (Å²) in [6, 6.07) is 7.58. The highest BCUT2D eigenvalue weighted by Crippen LogP contribution is 2.27. The van der Waals surface area contributed by atoms with Gasteiger partial charge < -0.3 is 0 Å². The third-order valence-corrected chi connectivity index (χ3v) is 3.96. The summed E-state index contributed by atoms with van der Waals surface area (Å²) in [4.78, 5) is 14.5. The second-order valence-corrected chi connectivity index (χ2v) is 5.52. The van der Waals surface area contributed by atoms with E-state index in [1.807, 2.05) is 0 Å². The summed E-state index contributed by atoms with van der Waals surface area (Å²) in [7, 11) is 0. The Hall–Kier alpha value is -2.67. The molecule has 0 bridgehead atoms. The minimum atomic E-state index is -0.533. The Kier molecular flexibility index (Phi) is 3.64. The average molecular weight is 318 g/mol. The van der Waals surface area contributed by atoms with Crippen molar-refractivity contribution < 1.29 is 13.7 Å². The molecule has 22 heavy (non-hydrogen) atoms. The van der Waals surface area contributed by atoms with Crippen LogP contribution in [0.2, 0.25) is 0 Å². The van der Waals surface area contributed by atoms with E-state index in [2.05, 4.69) is 4.98 Å². The fourth-order valence-corrected chi connectivity index (χ4v) is 2.77. The first-order valence-electron chi connectivity index (χ1n) is 6.21. The molecular weight excluding hydrogens is 310 g/mol. The maximum Gasteiger partial charge on any atom is 0.271 e. The monoisotopic (exact) mass is 318 g/mol. The molecule has 7 heteroatoms. The molecule has 3 aromatic rings. The Bertz CT molecular complexity index is 906. The van der Waals surface area contributed by atoms with E-state index in [4.69, 9.17) is 0 Å². The number of hydrogen-bond acceptors (Lipinski definition) is 4. The summed E-state index contributed by atoms with van der Waals surface area (Å²) in [5.41, 5.74) is 0.577. The van der Waals surface area contributed by atoms with Crippen LogP contribution < -0.4 is 0 Å². The zero-order chi connectivity index (χ0) is 15.7. The Morgan fingerprint density at radius 3 is 2.73 bits per heavy atom. The molecule has 0 aliphatic heterocycles. The normalized spacial score (nSPS) is 11.4. The molecule has 3 rings (SSSR count). The van der Waals surface area contributed by atoms with Crippen LogP contribution in [0.25, 0.3) is 22.4 Å². The summed E-state index contributed by atoms with van der Waals surface area (Å²) >= 11 is 1.31. The van der Waals surface area contributed by atoms with Gasteiger partial charge in [0.1, 0.15) is 16.6 Å². The van der Waals surface area contributed by atoms with Gasteiger partial charge in [0, 0.05) is 17.7 Å². The number of halogens is 2. The summed E-state index contributed by atoms with van der Waals surface area (Å²) in [6.45, 7) is 0. The highest BCUT2D eigenvalue weighted by molar-refractivity contribution is 7.19. The molecule has 2 aromatic carbocycles. The van der Waals surface area contributed by atoms with E-state index in [0.29, 0.717) is 10.5 Å². The van der Waals surface area contributed by atoms with E-state index < -0.39 is 16.6 Å². The van der Waals surface area contributed by atoms with E-state index in [0.717, 1.165) is 22.9 Å². The number of fused-ring (bicyclic) bond motifs is 1. The van der Waals surface area contributed by atoms with Gasteiger partial charge in [0.15, 0.2) is 0 Å². The van der Waals surface area contributed by atoms with E-state index in [9.17, 15) is 18.9 Å². The largest absolute Gasteiger partial charge is 0.271 e. The van der Waals surface area contributed by atoms with Crippen molar-refractivity contribution in [2.45, 2.75) is 0 Å². The molecule has 0 radical (unpaired) electrons. The van der Waals surface area contributed by atoms with Crippen LogP contribution in [0.3, 0.4) is 0 Å². The Labute approximate surface area is 127 Å². The van der Waals surface area contributed by atoms with Crippen molar-refractivity contribution in [3.63, 3.8) is 0 Å². The maximum absolute atomic E-state index is 13.5. The standard InChI is InChI=1S/C15H8F2N2O2S/c16-10-2-4-12(17)9(7-10)1-6-15-18-13-8-11(19(20)21)3-5-14(13)22-15/h1-8H/b6-1+. The molecule has 4 nitrogen and oxygen atoms in total. The van der Waals surface area contributed by atoms with Crippen molar-refractivity contribution >= 4 is 39.4 Å². The van der Waals surface area contributed by atoms with E-state index in [1.54, 1.807) is 12.1 Å². The number of rotatable bonds is 3. The summed E-state index contributed by atoms with van der Waals surface area (Å²) in [5, 5.41) is 11.3. The van der Waals surface area contributed by atoms with Gasteiger partial charge in [0.2, 0.25) is 0 Å². The first-order valence-corrected chi connectivity index (χ1v) is 7.03. The third-order valence-electron chi connectivity index (χ3n) is 2.96. The number of hydrogen-bond donors (Lipinski definition) is 0. The molecule has 0 saturated heterocycles. The molecule has 1 aromatic heterocycles. The zero-order valence-electron chi connectivity index (χ0n) is 11.0. The summed E-state index contributed by atoms with van der Waals surface area (Å²) in [5.74, 6) is -1.06. The molecular formula is C15H8F2N2O2S. The fourth-order valence-electron chi connectivity index (χ4n) is 1.92. The lowest BCUT2D eigenvalue weighted by Gasteiger charge is -1.95. The van der Waals surface area contributed by atoms with E-state index >= 15 is 0 Å². The number of nitrogens with zero attached hydrogens (tertiary/aromatic N) is 2. The molecule has 0 atom stereocenters. The highest BCUT2D eigenvalue weighted by atomic mass is 32.1. The molecule has 0 amide bonds. The van der Waals surface area contributed by atoms with Gasteiger partial charge in [-0.05, 0) is 36.4 Å². The number of nitro benzene ring substituents is 1. The molecule has 0 unspecified atom stereocenters. The van der Waals surface area contributed by atoms with Crippen molar-refractivity contribution in [2.24, 2.45) is 0 Å². The Balaban J connectivity index is 1.95. The van der Waals surface area contributed by atoms with Gasteiger partial charge in [0.25, 0.3) is 5.69 Å². The summed E-state index contributed by atoms with van der Waals surface area (Å²) < 4.78 is 27.4. The van der Waals surface area contributed by atoms with Crippen LogP contribution in [0.1, 0.15) is 10.6 Å². The molecule has 0 spiro atoms. The predicted molar refractivity (Wildman–Crippen MR) is 81.6 cm³/mol. The predicted octanol–water partition coefficient (Wildman–Crippen LogP) is 4.65. The highest BCUT2D eigenvalue weighted by Gasteiger charge is 2.09. The summed E-state index contributed by atoms with van der Waals surface area (Å²) in [6.07, 6.45) is 2.97. The lowest BCUT2D eigenvalue weighted by atomic mass is 10.2. The lowest BCUT2D eigenvalue weighted by molar-refractivity contribution is -0.384. The van der Waals surface area contributed by atoms with Crippen LogP contribution in [0, 0.1) is 21.7 Å². The van der Waals surface area contributed by atoms with Gasteiger partial charge in [-0.3, -0.25) is 10.1 Å². The minimum Gasteiger partial charge on any atom is -0.258 e. The smallest absolute Gasteiger partial charge is 0.258 e. The van der Waals surface area contributed by atoms with Gasteiger partial charge in [0.05, 0.1) is 15.1 Å². The number of thiazole rings is 1. The van der Waals surface area contributed by atoms with E-state index in [1.165, 1.54) is 29.5 Å². The molecule has 0 aliphatic carbocycles. The van der Waals surface area contributed by atoms with Crippen LogP contribution in [0.5, 0.6) is 0 Å². The van der Waals surface area contributed by atoms with Crippen molar-refractivity contribution in [1.82, 2.24) is 4.98 Å². The minimum absolute atomic E-state index is 0.0375. The average Bonchev–Trinajstić information content (AvgIpc) is 2.90. The molecule has 0 fully saturated rings. The quantitative estimate of drug-likeness (QED) is 0.521. The van der Waals surface area contributed by atoms with Crippen LogP contribution in [0.15, 0.2) is 36.4 Å². The van der Waals surface area contributed by atoms with Gasteiger partial charge in [-0.15, -0.1) is 11.3 Å². The molecule has 0 N–H and O–H groups in total. The van der Waals surface area contributed by atoms with Crippen LogP contribution in [-0.4, -0.2) is 9.91 Å². The molecule has 0 aliphatic rings. The first-order chi connectivity index (χ1) is 10.5. The maximum atomic E-state index is 13.5. The number of aromatic nitrogens is 1. The Morgan fingerprint density at radius 2 is 1.95 bits per heavy atom. The van der Waals surface area contributed by atoms with Gasteiger partial charge in [-0.2, -0.15) is 0 Å². The van der Waals surface area contributed by atoms with Crippen LogP contribution in [0.4, 0.5) is 14.5 Å². The van der Waals surface area contributed by atoms with Crippen molar-refractivity contribution in [3.8, 4) is 0 Å². The van der Waals surface area contributed by atoms with Crippen molar-refractivity contribution in [3.05, 3.63) is 68.7 Å². The molecule has 1 heterocycles. The topological polar surface area (TPSA) is 56.0 Å². The Morgan fingerprint density at radius 1 is 1.14 bits per heavy atom. The second kappa shape index (κ2) is 5.61. The number of nitro groups is 1. The van der Waals surface area contributed by atoms with E-state index in [-0.39, 0.29) is 11.3 Å². The second-order valence-electron chi connectivity index (χ2n) is 4.46. The van der Waals surface area contributed by atoms with Gasteiger partial charge in [-0.1, -0.05) is 0 Å². The molecule has 0 saturated carbocycles. The van der Waals surface area contributed by atoms with Crippen LogP contribution in [-0.2, 0) is 0 Å². The number of non-ortho nitro benzene ring substituents is 1. The van der Waals surface area contributed by atoms with Gasteiger partial charge in [-0.25, -0.2) is 13.8 Å². The lowest BCUT2D eigenvalue weighted by Crippen LogP contribution is -1.86. The van der Waals surface area contributed by atoms with Crippen molar-refractivity contribution in [1.29, 1.82) is 0 Å².